The van der Waals surface area contributed by atoms with E-state index in [4.69, 9.17) is 10.7 Å². The van der Waals surface area contributed by atoms with E-state index >= 15 is 0 Å². The maximum absolute atomic E-state index is 5.76. The van der Waals surface area contributed by atoms with E-state index in [9.17, 15) is 0 Å². The van der Waals surface area contributed by atoms with Gasteiger partial charge in [-0.25, -0.2) is 9.97 Å². The molecule has 3 rings (SSSR count). The molecular weight excluding hydrogens is 262 g/mol. The Morgan fingerprint density at radius 1 is 1.39 bits per heavy atom. The van der Waals surface area contributed by atoms with Gasteiger partial charge in [-0.05, 0) is 37.3 Å². The standard InChI is InChI=1S/C13H19N3S2/c14-6-9-1-2-11-10(5-9)7-15-13(16-11)12-8-17-3-4-18-12/h7,9,12H,1-6,8,14H2. The van der Waals surface area contributed by atoms with Gasteiger partial charge in [0.25, 0.3) is 0 Å². The van der Waals surface area contributed by atoms with Gasteiger partial charge in [0, 0.05) is 29.1 Å². The Balaban J connectivity index is 1.78. The van der Waals surface area contributed by atoms with Crippen molar-refractivity contribution in [2.45, 2.75) is 24.5 Å². The fourth-order valence-electron chi connectivity index (χ4n) is 2.59. The van der Waals surface area contributed by atoms with Crippen LogP contribution in [-0.2, 0) is 12.8 Å². The minimum Gasteiger partial charge on any atom is -0.330 e. The van der Waals surface area contributed by atoms with Gasteiger partial charge in [0.15, 0.2) is 0 Å². The molecule has 98 valence electrons. The zero-order chi connectivity index (χ0) is 12.4. The average molecular weight is 281 g/mol. The fraction of sp³-hybridized carbons (Fsp3) is 0.692. The summed E-state index contributed by atoms with van der Waals surface area (Å²) in [6.07, 6.45) is 5.39. The van der Waals surface area contributed by atoms with Crippen molar-refractivity contribution in [1.82, 2.24) is 9.97 Å². The molecule has 1 aliphatic heterocycles. The van der Waals surface area contributed by atoms with Crippen LogP contribution in [0.25, 0.3) is 0 Å². The van der Waals surface area contributed by atoms with Crippen LogP contribution < -0.4 is 5.73 Å². The zero-order valence-electron chi connectivity index (χ0n) is 10.5. The Kier molecular flexibility index (Phi) is 4.11. The molecule has 0 saturated carbocycles. The normalized spacial score (nSPS) is 27.8. The number of thioether (sulfide) groups is 2. The second kappa shape index (κ2) is 5.80. The largest absolute Gasteiger partial charge is 0.330 e. The molecule has 1 aliphatic carbocycles. The lowest BCUT2D eigenvalue weighted by molar-refractivity contribution is 0.460. The van der Waals surface area contributed by atoms with Gasteiger partial charge < -0.3 is 5.73 Å². The molecule has 2 aliphatic rings. The minimum absolute atomic E-state index is 0.501. The Morgan fingerprint density at radius 2 is 2.33 bits per heavy atom. The highest BCUT2D eigenvalue weighted by molar-refractivity contribution is 8.06. The number of hydrogen-bond acceptors (Lipinski definition) is 5. The molecule has 0 bridgehead atoms. The van der Waals surface area contributed by atoms with Crippen LogP contribution in [0, 0.1) is 5.92 Å². The van der Waals surface area contributed by atoms with E-state index in [1.165, 1.54) is 29.2 Å². The summed E-state index contributed by atoms with van der Waals surface area (Å²) in [4.78, 5) is 9.42. The molecule has 0 aromatic carbocycles. The molecular formula is C13H19N3S2. The Bertz CT molecular complexity index is 419. The van der Waals surface area contributed by atoms with Gasteiger partial charge in [-0.2, -0.15) is 11.8 Å². The zero-order valence-corrected chi connectivity index (χ0v) is 12.1. The van der Waals surface area contributed by atoms with E-state index in [1.54, 1.807) is 0 Å². The van der Waals surface area contributed by atoms with Crippen LogP contribution in [0.15, 0.2) is 6.20 Å². The molecule has 0 spiro atoms. The highest BCUT2D eigenvalue weighted by Gasteiger charge is 2.23. The van der Waals surface area contributed by atoms with E-state index in [0.29, 0.717) is 11.2 Å². The summed E-state index contributed by atoms with van der Waals surface area (Å²) < 4.78 is 0. The van der Waals surface area contributed by atoms with Gasteiger partial charge in [0.05, 0.1) is 5.25 Å². The molecule has 0 amide bonds. The van der Waals surface area contributed by atoms with Gasteiger partial charge in [0.2, 0.25) is 0 Å². The SMILES string of the molecule is NCC1CCc2nc(C3CSCCS3)ncc2C1. The van der Waals surface area contributed by atoms with Crippen molar-refractivity contribution in [3.8, 4) is 0 Å². The smallest absolute Gasteiger partial charge is 0.142 e. The third-order valence-corrected chi connectivity index (χ3v) is 6.46. The highest BCUT2D eigenvalue weighted by Crippen LogP contribution is 2.35. The molecule has 2 atom stereocenters. The predicted octanol–water partition coefficient (Wildman–Crippen LogP) is 2.06. The van der Waals surface area contributed by atoms with Crippen molar-refractivity contribution in [3.63, 3.8) is 0 Å². The number of hydrogen-bond donors (Lipinski definition) is 1. The van der Waals surface area contributed by atoms with Gasteiger partial charge in [-0.15, -0.1) is 11.8 Å². The topological polar surface area (TPSA) is 51.8 Å². The van der Waals surface area contributed by atoms with Crippen molar-refractivity contribution in [3.05, 3.63) is 23.3 Å². The summed E-state index contributed by atoms with van der Waals surface area (Å²) in [5.41, 5.74) is 8.37. The molecule has 2 heterocycles. The van der Waals surface area contributed by atoms with Gasteiger partial charge in [0.1, 0.15) is 5.82 Å². The molecule has 0 radical (unpaired) electrons. The number of nitrogens with two attached hydrogens (primary N) is 1. The maximum atomic E-state index is 5.76. The first kappa shape index (κ1) is 12.8. The van der Waals surface area contributed by atoms with Crippen LogP contribution in [0.1, 0.15) is 28.8 Å². The number of aryl methyl sites for hydroxylation is 1. The van der Waals surface area contributed by atoms with Crippen molar-refractivity contribution in [2.24, 2.45) is 11.7 Å². The number of fused-ring (bicyclic) bond motifs is 1. The van der Waals surface area contributed by atoms with Gasteiger partial charge >= 0.3 is 0 Å². The highest BCUT2D eigenvalue weighted by atomic mass is 32.2. The second-order valence-corrected chi connectivity index (χ2v) is 7.44. The summed E-state index contributed by atoms with van der Waals surface area (Å²) in [6, 6.07) is 0. The van der Waals surface area contributed by atoms with E-state index in [-0.39, 0.29) is 0 Å². The van der Waals surface area contributed by atoms with Crippen molar-refractivity contribution in [1.29, 1.82) is 0 Å². The van der Waals surface area contributed by atoms with E-state index in [1.807, 2.05) is 23.5 Å². The summed E-state index contributed by atoms with van der Waals surface area (Å²) in [5.74, 6) is 5.34. The molecule has 1 aromatic rings. The average Bonchev–Trinajstić information content (AvgIpc) is 2.47. The van der Waals surface area contributed by atoms with Crippen molar-refractivity contribution >= 4 is 23.5 Å². The van der Waals surface area contributed by atoms with Crippen LogP contribution in [0.2, 0.25) is 0 Å². The molecule has 2 N–H and O–H groups in total. The Hall–Kier alpha value is -0.260. The lowest BCUT2D eigenvalue weighted by atomic mass is 9.87. The summed E-state index contributed by atoms with van der Waals surface area (Å²) >= 11 is 4.03. The third kappa shape index (κ3) is 2.68. The van der Waals surface area contributed by atoms with E-state index < -0.39 is 0 Å². The summed E-state index contributed by atoms with van der Waals surface area (Å²) in [5, 5.41) is 0.501. The first-order valence-electron chi connectivity index (χ1n) is 6.61. The molecule has 2 unspecified atom stereocenters. The monoisotopic (exact) mass is 281 g/mol. The molecule has 3 nitrogen and oxygen atoms in total. The van der Waals surface area contributed by atoms with E-state index in [0.717, 1.165) is 31.0 Å². The lowest BCUT2D eigenvalue weighted by Gasteiger charge is -2.24. The predicted molar refractivity (Wildman–Crippen MR) is 79.1 cm³/mol. The quantitative estimate of drug-likeness (QED) is 0.899. The number of aromatic nitrogens is 2. The lowest BCUT2D eigenvalue weighted by Crippen LogP contribution is -2.24. The van der Waals surface area contributed by atoms with Crippen LogP contribution in [0.4, 0.5) is 0 Å². The third-order valence-electron chi connectivity index (χ3n) is 3.71. The first-order chi connectivity index (χ1) is 8.86. The number of rotatable bonds is 2. The molecule has 1 aromatic heterocycles. The minimum atomic E-state index is 0.501. The molecule has 5 heteroatoms. The molecule has 1 fully saturated rings. The van der Waals surface area contributed by atoms with Crippen LogP contribution in [-0.4, -0.2) is 33.8 Å². The van der Waals surface area contributed by atoms with Crippen molar-refractivity contribution < 1.29 is 0 Å². The number of nitrogens with zero attached hydrogens (tertiary/aromatic N) is 2. The first-order valence-corrected chi connectivity index (χ1v) is 8.81. The molecule has 1 saturated heterocycles. The summed E-state index contributed by atoms with van der Waals surface area (Å²) in [6.45, 7) is 0.788. The van der Waals surface area contributed by atoms with Crippen LogP contribution >= 0.6 is 23.5 Å². The Labute approximate surface area is 117 Å². The van der Waals surface area contributed by atoms with Crippen LogP contribution in [0.3, 0.4) is 0 Å². The van der Waals surface area contributed by atoms with E-state index in [2.05, 4.69) is 11.2 Å². The van der Waals surface area contributed by atoms with Gasteiger partial charge in [-0.1, -0.05) is 0 Å². The second-order valence-electron chi connectivity index (χ2n) is 4.98. The van der Waals surface area contributed by atoms with Crippen molar-refractivity contribution in [2.75, 3.05) is 23.8 Å². The molecule has 18 heavy (non-hydrogen) atoms. The maximum Gasteiger partial charge on any atom is 0.142 e. The Morgan fingerprint density at radius 3 is 3.11 bits per heavy atom. The van der Waals surface area contributed by atoms with Crippen LogP contribution in [0.5, 0.6) is 0 Å². The summed E-state index contributed by atoms with van der Waals surface area (Å²) in [7, 11) is 0. The fourth-order valence-corrected chi connectivity index (χ4v) is 5.20. The van der Waals surface area contributed by atoms with Gasteiger partial charge in [-0.3, -0.25) is 0 Å².